The Morgan fingerprint density at radius 1 is 1.78 bits per heavy atom. The van der Waals surface area contributed by atoms with E-state index in [9.17, 15) is 14.9 Å². The number of nitro groups is 1. The van der Waals surface area contributed by atoms with Gasteiger partial charge in [0, 0.05) is 0 Å². The second kappa shape index (κ2) is 5.93. The SMILES string of the molecule is CCC(C#N)NC(=O)c1cc(Cl)ncc1[N+](=O)[O-]. The van der Waals surface area contributed by atoms with Crippen molar-refractivity contribution in [2.75, 3.05) is 0 Å². The Labute approximate surface area is 108 Å². The second-order valence-electron chi connectivity index (χ2n) is 3.34. The smallest absolute Gasteiger partial charge is 0.300 e. The fourth-order valence-electron chi connectivity index (χ4n) is 1.21. The van der Waals surface area contributed by atoms with Crippen LogP contribution in [0.15, 0.2) is 12.3 Å². The molecule has 18 heavy (non-hydrogen) atoms. The van der Waals surface area contributed by atoms with Crippen molar-refractivity contribution >= 4 is 23.2 Å². The number of nitrogens with one attached hydrogen (secondary N) is 1. The molecular formula is C10H9ClN4O3. The van der Waals surface area contributed by atoms with Crippen molar-refractivity contribution in [2.45, 2.75) is 19.4 Å². The van der Waals surface area contributed by atoms with E-state index in [1.165, 1.54) is 0 Å². The monoisotopic (exact) mass is 268 g/mol. The number of aromatic nitrogens is 1. The fraction of sp³-hybridized carbons (Fsp3) is 0.300. The number of nitrogens with zero attached hydrogens (tertiary/aromatic N) is 3. The van der Waals surface area contributed by atoms with Gasteiger partial charge in [-0.15, -0.1) is 0 Å². The highest BCUT2D eigenvalue weighted by Gasteiger charge is 2.22. The lowest BCUT2D eigenvalue weighted by atomic mass is 10.2. The van der Waals surface area contributed by atoms with Crippen LogP contribution in [0.5, 0.6) is 0 Å². The van der Waals surface area contributed by atoms with Crippen molar-refractivity contribution in [2.24, 2.45) is 0 Å². The molecule has 1 rings (SSSR count). The maximum atomic E-state index is 11.8. The number of rotatable bonds is 4. The van der Waals surface area contributed by atoms with Crippen molar-refractivity contribution in [3.8, 4) is 6.07 Å². The van der Waals surface area contributed by atoms with Crippen LogP contribution in [0.25, 0.3) is 0 Å². The van der Waals surface area contributed by atoms with Gasteiger partial charge >= 0.3 is 0 Å². The molecule has 1 aromatic rings. The summed E-state index contributed by atoms with van der Waals surface area (Å²) in [4.78, 5) is 25.3. The molecule has 0 saturated carbocycles. The predicted octanol–water partition coefficient (Wildman–Crippen LogP) is 1.68. The molecule has 0 radical (unpaired) electrons. The normalized spacial score (nSPS) is 11.4. The molecule has 1 N–H and O–H groups in total. The Balaban J connectivity index is 3.08. The first-order valence-corrected chi connectivity index (χ1v) is 5.37. The second-order valence-corrected chi connectivity index (χ2v) is 3.73. The van der Waals surface area contributed by atoms with Gasteiger partial charge in [0.1, 0.15) is 23.0 Å². The van der Waals surface area contributed by atoms with Gasteiger partial charge in [-0.1, -0.05) is 18.5 Å². The topological polar surface area (TPSA) is 109 Å². The molecule has 1 amide bonds. The van der Waals surface area contributed by atoms with Crippen molar-refractivity contribution < 1.29 is 9.72 Å². The van der Waals surface area contributed by atoms with E-state index in [0.717, 1.165) is 12.3 Å². The number of hydrogen-bond donors (Lipinski definition) is 1. The molecule has 1 heterocycles. The van der Waals surface area contributed by atoms with Gasteiger partial charge in [-0.05, 0) is 12.5 Å². The number of hydrogen-bond acceptors (Lipinski definition) is 5. The molecule has 0 bridgehead atoms. The van der Waals surface area contributed by atoms with Crippen molar-refractivity contribution in [1.29, 1.82) is 5.26 Å². The third-order valence-corrected chi connectivity index (χ3v) is 2.37. The Morgan fingerprint density at radius 3 is 2.94 bits per heavy atom. The van der Waals surface area contributed by atoms with E-state index in [0.29, 0.717) is 6.42 Å². The quantitative estimate of drug-likeness (QED) is 0.507. The summed E-state index contributed by atoms with van der Waals surface area (Å²) in [6, 6.07) is 2.26. The fourth-order valence-corrected chi connectivity index (χ4v) is 1.37. The first kappa shape index (κ1) is 13.9. The number of pyridine rings is 1. The summed E-state index contributed by atoms with van der Waals surface area (Å²) in [6.07, 6.45) is 1.30. The minimum Gasteiger partial charge on any atom is -0.336 e. The number of halogens is 1. The molecule has 1 unspecified atom stereocenters. The minimum atomic E-state index is -0.731. The van der Waals surface area contributed by atoms with E-state index in [4.69, 9.17) is 16.9 Å². The zero-order chi connectivity index (χ0) is 13.7. The van der Waals surface area contributed by atoms with Gasteiger partial charge in [-0.25, -0.2) is 4.98 Å². The first-order valence-electron chi connectivity index (χ1n) is 5.00. The van der Waals surface area contributed by atoms with Gasteiger partial charge < -0.3 is 5.32 Å². The standard InChI is InChI=1S/C10H9ClN4O3/c1-2-6(4-12)14-10(16)7-3-9(11)13-5-8(7)15(17)18/h3,5-6H,2H2,1H3,(H,14,16). The lowest BCUT2D eigenvalue weighted by Crippen LogP contribution is -2.33. The van der Waals surface area contributed by atoms with Crippen molar-refractivity contribution in [3.05, 3.63) is 33.1 Å². The van der Waals surface area contributed by atoms with E-state index < -0.39 is 22.6 Å². The number of carbonyl (C=O) groups is 1. The molecule has 0 saturated heterocycles. The summed E-state index contributed by atoms with van der Waals surface area (Å²) >= 11 is 5.59. The highest BCUT2D eigenvalue weighted by atomic mass is 35.5. The van der Waals surface area contributed by atoms with Crippen LogP contribution in [0.3, 0.4) is 0 Å². The molecule has 94 valence electrons. The van der Waals surface area contributed by atoms with Gasteiger partial charge in [0.25, 0.3) is 11.6 Å². The Hall–Kier alpha value is -2.20. The van der Waals surface area contributed by atoms with Crippen LogP contribution in [0.2, 0.25) is 5.15 Å². The van der Waals surface area contributed by atoms with E-state index in [2.05, 4.69) is 10.3 Å². The zero-order valence-electron chi connectivity index (χ0n) is 9.38. The summed E-state index contributed by atoms with van der Waals surface area (Å²) in [7, 11) is 0. The first-order chi connectivity index (χ1) is 8.49. The predicted molar refractivity (Wildman–Crippen MR) is 63.1 cm³/mol. The Bertz CT molecular complexity index is 526. The molecule has 1 aromatic heterocycles. The minimum absolute atomic E-state index is 0.0317. The van der Waals surface area contributed by atoms with Crippen LogP contribution in [0, 0.1) is 21.4 Å². The third-order valence-electron chi connectivity index (χ3n) is 2.16. The number of carbonyl (C=O) groups excluding carboxylic acids is 1. The van der Waals surface area contributed by atoms with Crippen LogP contribution in [-0.2, 0) is 0 Å². The summed E-state index contributed by atoms with van der Waals surface area (Å²) in [5.74, 6) is -0.723. The van der Waals surface area contributed by atoms with Gasteiger partial charge in [-0.2, -0.15) is 5.26 Å². The van der Waals surface area contributed by atoms with Gasteiger partial charge in [-0.3, -0.25) is 14.9 Å². The summed E-state index contributed by atoms with van der Waals surface area (Å²) in [5, 5.41) is 21.8. The summed E-state index contributed by atoms with van der Waals surface area (Å²) in [6.45, 7) is 1.71. The number of amides is 1. The van der Waals surface area contributed by atoms with E-state index in [1.807, 2.05) is 6.07 Å². The third kappa shape index (κ3) is 3.15. The van der Waals surface area contributed by atoms with Crippen LogP contribution < -0.4 is 5.32 Å². The van der Waals surface area contributed by atoms with Crippen molar-refractivity contribution in [1.82, 2.24) is 10.3 Å². The molecule has 1 atom stereocenters. The molecule has 0 fully saturated rings. The molecule has 8 heteroatoms. The average Bonchev–Trinajstić information content (AvgIpc) is 2.35. The van der Waals surface area contributed by atoms with Gasteiger partial charge in [0.2, 0.25) is 0 Å². The van der Waals surface area contributed by atoms with E-state index >= 15 is 0 Å². The molecule has 0 aliphatic rings. The highest BCUT2D eigenvalue weighted by molar-refractivity contribution is 6.29. The largest absolute Gasteiger partial charge is 0.336 e. The average molecular weight is 269 g/mol. The van der Waals surface area contributed by atoms with Gasteiger partial charge in [0.15, 0.2) is 0 Å². The maximum absolute atomic E-state index is 11.8. The molecule has 0 spiro atoms. The molecule has 7 nitrogen and oxygen atoms in total. The van der Waals surface area contributed by atoms with Crippen LogP contribution in [0.4, 0.5) is 5.69 Å². The summed E-state index contributed by atoms with van der Waals surface area (Å²) in [5.41, 5.74) is -0.668. The van der Waals surface area contributed by atoms with E-state index in [-0.39, 0.29) is 10.7 Å². The lowest BCUT2D eigenvalue weighted by Gasteiger charge is -2.09. The van der Waals surface area contributed by atoms with Crippen LogP contribution in [-0.4, -0.2) is 21.9 Å². The molecule has 0 aromatic carbocycles. The van der Waals surface area contributed by atoms with E-state index in [1.54, 1.807) is 6.92 Å². The molecule has 0 aliphatic carbocycles. The molecule has 0 aliphatic heterocycles. The van der Waals surface area contributed by atoms with Gasteiger partial charge in [0.05, 0.1) is 11.0 Å². The van der Waals surface area contributed by atoms with Crippen molar-refractivity contribution in [3.63, 3.8) is 0 Å². The summed E-state index contributed by atoms with van der Waals surface area (Å²) < 4.78 is 0. The number of nitriles is 1. The van der Waals surface area contributed by atoms with Crippen LogP contribution in [0.1, 0.15) is 23.7 Å². The lowest BCUT2D eigenvalue weighted by molar-refractivity contribution is -0.385. The Morgan fingerprint density at radius 2 is 2.44 bits per heavy atom. The Kier molecular flexibility index (Phi) is 4.57. The zero-order valence-corrected chi connectivity index (χ0v) is 10.1. The van der Waals surface area contributed by atoms with Crippen LogP contribution >= 0.6 is 11.6 Å². The highest BCUT2D eigenvalue weighted by Crippen LogP contribution is 2.20. The molecular weight excluding hydrogens is 260 g/mol. The maximum Gasteiger partial charge on any atom is 0.300 e.